The van der Waals surface area contributed by atoms with Gasteiger partial charge in [0.2, 0.25) is 10.0 Å². The molecule has 0 aromatic heterocycles. The first-order valence-electron chi connectivity index (χ1n) is 7.41. The minimum absolute atomic E-state index is 0.324. The molecule has 1 heterocycles. The van der Waals surface area contributed by atoms with E-state index in [-0.39, 0.29) is 0 Å². The van der Waals surface area contributed by atoms with Crippen LogP contribution in [-0.2, 0) is 10.0 Å². The Morgan fingerprint density at radius 2 is 1.76 bits per heavy atom. The molecule has 118 valence electrons. The summed E-state index contributed by atoms with van der Waals surface area (Å²) >= 11 is 0. The molecular weight excluding hydrogens is 286 g/mol. The SMILES string of the molecule is CC(CN1CCCC1)Nc1ccc(S(=O)(=O)N(C)C)cc1. The fraction of sp³-hybridized carbons (Fsp3) is 0.600. The summed E-state index contributed by atoms with van der Waals surface area (Å²) in [6.07, 6.45) is 2.59. The van der Waals surface area contributed by atoms with Gasteiger partial charge in [-0.1, -0.05) is 0 Å². The molecule has 1 atom stereocenters. The van der Waals surface area contributed by atoms with E-state index in [1.54, 1.807) is 26.2 Å². The molecule has 1 N–H and O–H groups in total. The summed E-state index contributed by atoms with van der Waals surface area (Å²) in [7, 11) is -0.261. The van der Waals surface area contributed by atoms with Crippen molar-refractivity contribution in [3.05, 3.63) is 24.3 Å². The lowest BCUT2D eigenvalue weighted by Gasteiger charge is -2.22. The summed E-state index contributed by atoms with van der Waals surface area (Å²) in [5.41, 5.74) is 0.958. The van der Waals surface area contributed by atoms with Crippen molar-refractivity contribution in [3.63, 3.8) is 0 Å². The highest BCUT2D eigenvalue weighted by molar-refractivity contribution is 7.89. The van der Waals surface area contributed by atoms with Crippen molar-refractivity contribution in [1.82, 2.24) is 9.21 Å². The first-order chi connectivity index (χ1) is 9.89. The summed E-state index contributed by atoms with van der Waals surface area (Å²) in [5, 5.41) is 3.43. The number of benzene rings is 1. The Morgan fingerprint density at radius 1 is 1.19 bits per heavy atom. The normalized spacial score (nSPS) is 18.1. The van der Waals surface area contributed by atoms with Gasteiger partial charge in [0.15, 0.2) is 0 Å². The maximum Gasteiger partial charge on any atom is 0.242 e. The third-order valence-corrected chi connectivity index (χ3v) is 5.61. The summed E-state index contributed by atoms with van der Waals surface area (Å²) in [5.74, 6) is 0. The van der Waals surface area contributed by atoms with Crippen LogP contribution in [0.3, 0.4) is 0 Å². The minimum atomic E-state index is -3.34. The zero-order chi connectivity index (χ0) is 15.5. The first kappa shape index (κ1) is 16.3. The van der Waals surface area contributed by atoms with Crippen LogP contribution in [0.4, 0.5) is 5.69 Å². The van der Waals surface area contributed by atoms with E-state index in [1.165, 1.54) is 30.2 Å². The van der Waals surface area contributed by atoms with E-state index < -0.39 is 10.0 Å². The molecule has 1 aromatic rings. The Balaban J connectivity index is 1.96. The van der Waals surface area contributed by atoms with Crippen LogP contribution in [-0.4, -0.2) is 57.4 Å². The van der Waals surface area contributed by atoms with Crippen LogP contribution in [0.25, 0.3) is 0 Å². The molecule has 0 spiro atoms. The zero-order valence-corrected chi connectivity index (χ0v) is 13.9. The molecular formula is C15H25N3O2S. The minimum Gasteiger partial charge on any atom is -0.381 e. The predicted octanol–water partition coefficient (Wildman–Crippen LogP) is 1.83. The molecule has 1 fully saturated rings. The largest absolute Gasteiger partial charge is 0.381 e. The van der Waals surface area contributed by atoms with E-state index in [2.05, 4.69) is 17.1 Å². The van der Waals surface area contributed by atoms with Gasteiger partial charge in [-0.15, -0.1) is 0 Å². The summed E-state index contributed by atoms with van der Waals surface area (Å²) < 4.78 is 25.2. The highest BCUT2D eigenvalue weighted by atomic mass is 32.2. The van der Waals surface area contributed by atoms with Crippen LogP contribution in [0.2, 0.25) is 0 Å². The lowest BCUT2D eigenvalue weighted by molar-refractivity contribution is 0.328. The van der Waals surface area contributed by atoms with Gasteiger partial charge in [-0.3, -0.25) is 0 Å². The monoisotopic (exact) mass is 311 g/mol. The summed E-state index contributed by atoms with van der Waals surface area (Å²) in [4.78, 5) is 2.79. The Hall–Kier alpha value is -1.11. The molecule has 1 saturated heterocycles. The third kappa shape index (κ3) is 4.18. The molecule has 1 aliphatic rings. The highest BCUT2D eigenvalue weighted by Gasteiger charge is 2.17. The van der Waals surface area contributed by atoms with Crippen LogP contribution in [0, 0.1) is 0 Å². The molecule has 1 aliphatic heterocycles. The second kappa shape index (κ2) is 6.77. The van der Waals surface area contributed by atoms with Crippen molar-refractivity contribution < 1.29 is 8.42 Å². The third-order valence-electron chi connectivity index (χ3n) is 3.78. The predicted molar refractivity (Wildman–Crippen MR) is 86.1 cm³/mol. The van der Waals surface area contributed by atoms with Crippen LogP contribution in [0.1, 0.15) is 19.8 Å². The number of hydrogen-bond donors (Lipinski definition) is 1. The number of nitrogens with one attached hydrogen (secondary N) is 1. The van der Waals surface area contributed by atoms with E-state index in [9.17, 15) is 8.42 Å². The van der Waals surface area contributed by atoms with Crippen molar-refractivity contribution in [2.45, 2.75) is 30.7 Å². The maximum absolute atomic E-state index is 12.0. The number of likely N-dealkylation sites (tertiary alicyclic amines) is 1. The lowest BCUT2D eigenvalue weighted by atomic mass is 10.2. The molecule has 6 heteroatoms. The molecule has 21 heavy (non-hydrogen) atoms. The molecule has 0 radical (unpaired) electrons. The second-order valence-corrected chi connectivity index (χ2v) is 8.02. The number of rotatable bonds is 6. The van der Waals surface area contributed by atoms with Crippen LogP contribution >= 0.6 is 0 Å². The van der Waals surface area contributed by atoms with Gasteiger partial charge >= 0.3 is 0 Å². The number of anilines is 1. The molecule has 5 nitrogen and oxygen atoms in total. The average Bonchev–Trinajstić information content (AvgIpc) is 2.91. The maximum atomic E-state index is 12.0. The molecule has 0 saturated carbocycles. The van der Waals surface area contributed by atoms with Crippen LogP contribution in [0.5, 0.6) is 0 Å². The van der Waals surface area contributed by atoms with Gasteiger partial charge in [0.1, 0.15) is 0 Å². The Kier molecular flexibility index (Phi) is 5.24. The van der Waals surface area contributed by atoms with E-state index in [0.717, 1.165) is 12.2 Å². The molecule has 2 rings (SSSR count). The van der Waals surface area contributed by atoms with Gasteiger partial charge in [0.25, 0.3) is 0 Å². The number of sulfonamides is 1. The number of nitrogens with zero attached hydrogens (tertiary/aromatic N) is 2. The van der Waals surface area contributed by atoms with Gasteiger partial charge < -0.3 is 10.2 Å². The van der Waals surface area contributed by atoms with Crippen molar-refractivity contribution in [2.24, 2.45) is 0 Å². The fourth-order valence-electron chi connectivity index (χ4n) is 2.62. The fourth-order valence-corrected chi connectivity index (χ4v) is 3.52. The standard InChI is InChI=1S/C15H25N3O2S/c1-13(12-18-10-4-5-11-18)16-14-6-8-15(9-7-14)21(19,20)17(2)3/h6-9,13,16H,4-5,10-12H2,1-3H3. The van der Waals surface area contributed by atoms with E-state index in [4.69, 9.17) is 0 Å². The van der Waals surface area contributed by atoms with Crippen LogP contribution in [0.15, 0.2) is 29.2 Å². The van der Waals surface area contributed by atoms with Crippen molar-refractivity contribution in [1.29, 1.82) is 0 Å². The lowest BCUT2D eigenvalue weighted by Crippen LogP contribution is -2.32. The van der Waals surface area contributed by atoms with Crippen molar-refractivity contribution in [3.8, 4) is 0 Å². The first-order valence-corrected chi connectivity index (χ1v) is 8.85. The topological polar surface area (TPSA) is 52.7 Å². The molecule has 1 unspecified atom stereocenters. The average molecular weight is 311 g/mol. The van der Waals surface area contributed by atoms with Crippen molar-refractivity contribution in [2.75, 3.05) is 39.0 Å². The zero-order valence-electron chi connectivity index (χ0n) is 13.0. The summed E-state index contributed by atoms with van der Waals surface area (Å²) in [6.45, 7) is 5.55. The summed E-state index contributed by atoms with van der Waals surface area (Å²) in [6, 6.07) is 7.31. The molecule has 0 aliphatic carbocycles. The second-order valence-electron chi connectivity index (χ2n) is 5.86. The van der Waals surface area contributed by atoms with Gasteiger partial charge in [0, 0.05) is 32.4 Å². The van der Waals surface area contributed by atoms with E-state index in [0.29, 0.717) is 10.9 Å². The Bertz CT molecular complexity index is 549. The quantitative estimate of drug-likeness (QED) is 0.871. The van der Waals surface area contributed by atoms with Crippen molar-refractivity contribution >= 4 is 15.7 Å². The highest BCUT2D eigenvalue weighted by Crippen LogP contribution is 2.17. The Labute approximate surface area is 128 Å². The molecule has 1 aromatic carbocycles. The van der Waals surface area contributed by atoms with E-state index in [1.807, 2.05) is 12.1 Å². The molecule has 0 amide bonds. The number of hydrogen-bond acceptors (Lipinski definition) is 4. The Morgan fingerprint density at radius 3 is 2.29 bits per heavy atom. The molecule has 0 bridgehead atoms. The van der Waals surface area contributed by atoms with Gasteiger partial charge in [-0.05, 0) is 57.1 Å². The van der Waals surface area contributed by atoms with Gasteiger partial charge in [-0.25, -0.2) is 12.7 Å². The van der Waals surface area contributed by atoms with Gasteiger partial charge in [-0.2, -0.15) is 0 Å². The smallest absolute Gasteiger partial charge is 0.242 e. The van der Waals surface area contributed by atoms with Gasteiger partial charge in [0.05, 0.1) is 4.90 Å². The van der Waals surface area contributed by atoms with Crippen LogP contribution < -0.4 is 5.32 Å². The van der Waals surface area contributed by atoms with E-state index >= 15 is 0 Å².